The minimum atomic E-state index is -4.61. The molecule has 0 atom stereocenters. The van der Waals surface area contributed by atoms with Crippen molar-refractivity contribution in [1.29, 1.82) is 0 Å². The predicted molar refractivity (Wildman–Crippen MR) is 122 cm³/mol. The van der Waals surface area contributed by atoms with Gasteiger partial charge in [-0.1, -0.05) is 11.6 Å². The van der Waals surface area contributed by atoms with Crippen LogP contribution in [0.25, 0.3) is 11.0 Å². The number of hydrogen-bond donors (Lipinski definition) is 1. The number of anilines is 1. The molecule has 10 heteroatoms. The summed E-state index contributed by atoms with van der Waals surface area (Å²) in [7, 11) is -0.774. The van der Waals surface area contributed by atoms with Gasteiger partial charge in [-0.2, -0.15) is 13.2 Å². The van der Waals surface area contributed by atoms with Crippen molar-refractivity contribution >= 4 is 38.3 Å². The van der Waals surface area contributed by atoms with E-state index in [1.807, 2.05) is 0 Å². The van der Waals surface area contributed by atoms with Crippen LogP contribution in [0.1, 0.15) is 11.1 Å². The maximum Gasteiger partial charge on any atom is 0.418 e. The monoisotopic (exact) mass is 475 g/mol. The summed E-state index contributed by atoms with van der Waals surface area (Å²) >= 11 is 6.13. The van der Waals surface area contributed by atoms with E-state index in [1.165, 1.54) is 10.6 Å². The molecule has 0 fully saturated rings. The van der Waals surface area contributed by atoms with Crippen molar-refractivity contribution in [3.63, 3.8) is 0 Å². The van der Waals surface area contributed by atoms with E-state index < -0.39 is 21.8 Å². The molecule has 1 aromatic carbocycles. The van der Waals surface area contributed by atoms with Gasteiger partial charge in [0.15, 0.2) is 0 Å². The molecule has 0 bridgehead atoms. The molecule has 31 heavy (non-hydrogen) atoms. The summed E-state index contributed by atoms with van der Waals surface area (Å²) < 4.78 is 54.3. The Morgan fingerprint density at radius 2 is 1.87 bits per heavy atom. The maximum absolute atomic E-state index is 13.8. The standard InChI is InChI=1S/C21H25ClF3N3O2S/c1-13-9-14(26)5-6-16(13)30-17-10-18(22)27-20-19(17)15(21(23,24)25)11-28(20)12-29-7-8-31(2,3)4/h5-6,9-11H,7-8,12,26H2,1-4H3. The molecule has 3 rings (SSSR count). The lowest BCUT2D eigenvalue weighted by Gasteiger charge is -2.24. The van der Waals surface area contributed by atoms with Crippen molar-refractivity contribution < 1.29 is 22.6 Å². The molecular formula is C21H25ClF3N3O2S. The third-order valence-corrected chi connectivity index (χ3v) is 6.14. The van der Waals surface area contributed by atoms with E-state index in [0.29, 0.717) is 23.6 Å². The van der Waals surface area contributed by atoms with Gasteiger partial charge in [0.05, 0.1) is 17.6 Å². The van der Waals surface area contributed by atoms with E-state index in [1.54, 1.807) is 25.1 Å². The third kappa shape index (κ3) is 5.78. The highest BCUT2D eigenvalue weighted by atomic mass is 35.5. The molecular weight excluding hydrogens is 451 g/mol. The zero-order valence-electron chi connectivity index (χ0n) is 17.7. The number of pyridine rings is 1. The Labute approximate surface area is 185 Å². The van der Waals surface area contributed by atoms with Crippen LogP contribution in [-0.2, 0) is 17.6 Å². The molecule has 0 amide bonds. The van der Waals surface area contributed by atoms with Crippen molar-refractivity contribution in [1.82, 2.24) is 9.55 Å². The van der Waals surface area contributed by atoms with Gasteiger partial charge in [-0.05, 0) is 49.5 Å². The maximum atomic E-state index is 13.8. The van der Waals surface area contributed by atoms with Crippen LogP contribution in [0.3, 0.4) is 0 Å². The molecule has 0 aliphatic heterocycles. The topological polar surface area (TPSA) is 62.3 Å². The Morgan fingerprint density at radius 3 is 2.48 bits per heavy atom. The number of nitrogen functional groups attached to an aromatic ring is 1. The number of aryl methyl sites for hydroxylation is 1. The number of halogens is 4. The summed E-state index contributed by atoms with van der Waals surface area (Å²) in [6, 6.07) is 6.18. The fourth-order valence-corrected chi connectivity index (χ4v) is 3.79. The molecule has 0 aliphatic carbocycles. The molecule has 0 saturated carbocycles. The summed E-state index contributed by atoms with van der Waals surface area (Å²) in [5.74, 6) is 1.19. The summed E-state index contributed by atoms with van der Waals surface area (Å²) in [5.41, 5.74) is 6.15. The zero-order chi connectivity index (χ0) is 23.0. The van der Waals surface area contributed by atoms with E-state index in [2.05, 4.69) is 23.8 Å². The second-order valence-corrected chi connectivity index (χ2v) is 13.1. The fraction of sp³-hybridized carbons (Fsp3) is 0.381. The molecule has 0 aliphatic rings. The van der Waals surface area contributed by atoms with Gasteiger partial charge in [0.1, 0.15) is 29.0 Å². The molecule has 0 saturated heterocycles. The van der Waals surface area contributed by atoms with Crippen molar-refractivity contribution in [3.8, 4) is 11.5 Å². The number of rotatable bonds is 7. The van der Waals surface area contributed by atoms with Gasteiger partial charge < -0.3 is 19.8 Å². The van der Waals surface area contributed by atoms with Crippen LogP contribution in [0.4, 0.5) is 18.9 Å². The SMILES string of the molecule is Cc1cc(N)ccc1Oc1cc(Cl)nc2c1c(C(F)(F)F)cn2COCCS(C)(C)C. The van der Waals surface area contributed by atoms with Crippen molar-refractivity contribution in [2.75, 3.05) is 36.9 Å². The second-order valence-electron chi connectivity index (χ2n) is 8.11. The molecule has 2 heterocycles. The smallest absolute Gasteiger partial charge is 0.418 e. The Bertz CT molecular complexity index is 1090. The first kappa shape index (κ1) is 23.6. The number of ether oxygens (including phenoxy) is 2. The van der Waals surface area contributed by atoms with Crippen LogP contribution in [0, 0.1) is 6.92 Å². The average molecular weight is 476 g/mol. The highest BCUT2D eigenvalue weighted by Crippen LogP contribution is 2.42. The largest absolute Gasteiger partial charge is 0.456 e. The highest BCUT2D eigenvalue weighted by molar-refractivity contribution is 8.32. The minimum absolute atomic E-state index is 0.0165. The fourth-order valence-electron chi connectivity index (χ4n) is 2.99. The van der Waals surface area contributed by atoms with Crippen LogP contribution < -0.4 is 10.5 Å². The molecule has 170 valence electrons. The summed E-state index contributed by atoms with van der Waals surface area (Å²) in [6.45, 7) is 2.12. The van der Waals surface area contributed by atoms with Gasteiger partial charge in [0, 0.05) is 23.7 Å². The molecule has 0 spiro atoms. The third-order valence-electron chi connectivity index (χ3n) is 4.55. The molecule has 0 radical (unpaired) electrons. The van der Waals surface area contributed by atoms with Crippen LogP contribution in [-0.4, -0.2) is 40.7 Å². The van der Waals surface area contributed by atoms with Gasteiger partial charge in [0.25, 0.3) is 0 Å². The number of nitrogens with two attached hydrogens (primary N) is 1. The lowest BCUT2D eigenvalue weighted by Crippen LogP contribution is -2.10. The predicted octanol–water partition coefficient (Wildman–Crippen LogP) is 6.06. The molecule has 5 nitrogen and oxygen atoms in total. The number of benzene rings is 1. The van der Waals surface area contributed by atoms with Crippen molar-refractivity contribution in [2.45, 2.75) is 19.8 Å². The summed E-state index contributed by atoms with van der Waals surface area (Å²) in [4.78, 5) is 4.13. The van der Waals surface area contributed by atoms with E-state index >= 15 is 0 Å². The van der Waals surface area contributed by atoms with Gasteiger partial charge in [0.2, 0.25) is 0 Å². The lowest BCUT2D eigenvalue weighted by molar-refractivity contribution is -0.136. The first-order valence-electron chi connectivity index (χ1n) is 9.39. The first-order valence-corrected chi connectivity index (χ1v) is 12.8. The number of nitrogens with zero attached hydrogens (tertiary/aromatic N) is 2. The number of fused-ring (bicyclic) bond motifs is 1. The van der Waals surface area contributed by atoms with Gasteiger partial charge >= 0.3 is 6.18 Å². The zero-order valence-corrected chi connectivity index (χ0v) is 19.3. The Balaban J connectivity index is 2.04. The number of alkyl halides is 3. The molecule has 2 aromatic heterocycles. The van der Waals surface area contributed by atoms with E-state index in [9.17, 15) is 13.2 Å². The van der Waals surface area contributed by atoms with Crippen LogP contribution >= 0.6 is 21.6 Å². The van der Waals surface area contributed by atoms with E-state index in [0.717, 1.165) is 11.9 Å². The minimum Gasteiger partial charge on any atom is -0.456 e. The normalized spacial score (nSPS) is 13.0. The van der Waals surface area contributed by atoms with Crippen molar-refractivity contribution in [3.05, 3.63) is 46.7 Å². The number of hydrogen-bond acceptors (Lipinski definition) is 4. The highest BCUT2D eigenvalue weighted by Gasteiger charge is 2.37. The van der Waals surface area contributed by atoms with Crippen LogP contribution in [0.2, 0.25) is 5.15 Å². The average Bonchev–Trinajstić information content (AvgIpc) is 2.99. The Hall–Kier alpha value is -2.10. The van der Waals surface area contributed by atoms with E-state index in [4.69, 9.17) is 26.8 Å². The quantitative estimate of drug-likeness (QED) is 0.256. The lowest BCUT2D eigenvalue weighted by atomic mass is 10.2. The van der Waals surface area contributed by atoms with Gasteiger partial charge in [-0.3, -0.25) is 0 Å². The second kappa shape index (κ2) is 8.80. The van der Waals surface area contributed by atoms with Crippen molar-refractivity contribution in [2.24, 2.45) is 0 Å². The first-order chi connectivity index (χ1) is 14.3. The van der Waals surface area contributed by atoms with Crippen LogP contribution in [0.15, 0.2) is 30.5 Å². The molecule has 3 aromatic rings. The number of aromatic nitrogens is 2. The van der Waals surface area contributed by atoms with Gasteiger partial charge in [-0.15, -0.1) is 0 Å². The Morgan fingerprint density at radius 1 is 1.16 bits per heavy atom. The summed E-state index contributed by atoms with van der Waals surface area (Å²) in [5, 5.41) is -0.152. The molecule has 2 N–H and O–H groups in total. The summed E-state index contributed by atoms with van der Waals surface area (Å²) in [6.07, 6.45) is 2.82. The van der Waals surface area contributed by atoms with Gasteiger partial charge in [-0.25, -0.2) is 15.0 Å². The molecule has 0 unspecified atom stereocenters. The van der Waals surface area contributed by atoms with Crippen LogP contribution in [0.5, 0.6) is 11.5 Å². The Kier molecular flexibility index (Phi) is 6.69. The van der Waals surface area contributed by atoms with E-state index in [-0.39, 0.29) is 28.7 Å².